The minimum absolute atomic E-state index is 0.0964. The van der Waals surface area contributed by atoms with Crippen LogP contribution in [0.2, 0.25) is 0 Å². The molecule has 0 radical (unpaired) electrons. The zero-order chi connectivity index (χ0) is 20.7. The lowest BCUT2D eigenvalue weighted by atomic mass is 9.97. The van der Waals surface area contributed by atoms with Gasteiger partial charge in [-0.2, -0.15) is 0 Å². The second-order valence-electron chi connectivity index (χ2n) is 7.92. The summed E-state index contributed by atoms with van der Waals surface area (Å²) in [4.78, 5) is 28.5. The third kappa shape index (κ3) is 3.38. The number of carbonyl (C=O) groups is 2. The van der Waals surface area contributed by atoms with Crippen molar-refractivity contribution in [2.24, 2.45) is 0 Å². The van der Waals surface area contributed by atoms with E-state index in [1.54, 1.807) is 14.2 Å². The lowest BCUT2D eigenvalue weighted by Crippen LogP contribution is -3.16. The molecule has 2 aliphatic heterocycles. The predicted octanol–water partition coefficient (Wildman–Crippen LogP) is 1.59. The Morgan fingerprint density at radius 2 is 1.69 bits per heavy atom. The number of nitrogens with one attached hydrogen (secondary N) is 1. The molecule has 6 nitrogen and oxygen atoms in total. The van der Waals surface area contributed by atoms with Crippen molar-refractivity contribution in [3.05, 3.63) is 52.6 Å². The standard InChI is InChI=1S/C23H26N2O4/c1-14-5-6-18(15(2)9-14)25-22(26)12-19(23(25)27)24-8-7-16-10-20(28-3)21(29-4)11-17(16)13-24/h5-6,9-11,19H,7-8,12-13H2,1-4H3/p+1/t19-/m0/s1. The van der Waals surface area contributed by atoms with Gasteiger partial charge in [0.1, 0.15) is 6.54 Å². The number of methoxy groups -OCH3 is 2. The van der Waals surface area contributed by atoms with E-state index in [0.717, 1.165) is 40.3 Å². The van der Waals surface area contributed by atoms with Crippen molar-refractivity contribution in [2.75, 3.05) is 25.7 Å². The maximum atomic E-state index is 13.2. The smallest absolute Gasteiger partial charge is 0.292 e. The summed E-state index contributed by atoms with van der Waals surface area (Å²) in [6.07, 6.45) is 1.09. The van der Waals surface area contributed by atoms with Gasteiger partial charge < -0.3 is 14.4 Å². The average molecular weight is 395 g/mol. The molecule has 4 rings (SSSR count). The number of aryl methyl sites for hydroxylation is 2. The summed E-state index contributed by atoms with van der Waals surface area (Å²) in [5, 5.41) is 0. The number of hydrogen-bond donors (Lipinski definition) is 1. The van der Waals surface area contributed by atoms with Gasteiger partial charge in [-0.3, -0.25) is 9.59 Å². The second kappa shape index (κ2) is 7.52. The Balaban J connectivity index is 1.59. The van der Waals surface area contributed by atoms with Gasteiger partial charge in [0, 0.05) is 12.0 Å². The van der Waals surface area contributed by atoms with E-state index in [4.69, 9.17) is 9.47 Å². The molecule has 1 fully saturated rings. The number of hydrogen-bond acceptors (Lipinski definition) is 4. The van der Waals surface area contributed by atoms with Crippen molar-refractivity contribution in [2.45, 2.75) is 39.3 Å². The van der Waals surface area contributed by atoms with Crippen molar-refractivity contribution < 1.29 is 24.0 Å². The molecule has 152 valence electrons. The summed E-state index contributed by atoms with van der Waals surface area (Å²) in [5.41, 5.74) is 5.13. The molecule has 0 saturated carbocycles. The highest BCUT2D eigenvalue weighted by molar-refractivity contribution is 6.22. The van der Waals surface area contributed by atoms with E-state index in [1.807, 2.05) is 44.2 Å². The van der Waals surface area contributed by atoms with Gasteiger partial charge in [-0.05, 0) is 43.2 Å². The quantitative estimate of drug-likeness (QED) is 0.799. The van der Waals surface area contributed by atoms with Gasteiger partial charge in [-0.1, -0.05) is 17.7 Å². The number of rotatable bonds is 4. The topological polar surface area (TPSA) is 60.3 Å². The number of imide groups is 1. The number of anilines is 1. The summed E-state index contributed by atoms with van der Waals surface area (Å²) in [6.45, 7) is 5.46. The van der Waals surface area contributed by atoms with Crippen LogP contribution in [0.4, 0.5) is 5.69 Å². The van der Waals surface area contributed by atoms with Crippen LogP contribution >= 0.6 is 0 Å². The fraction of sp³-hybridized carbons (Fsp3) is 0.391. The van der Waals surface area contributed by atoms with E-state index < -0.39 is 0 Å². The van der Waals surface area contributed by atoms with Crippen molar-refractivity contribution >= 4 is 17.5 Å². The highest BCUT2D eigenvalue weighted by atomic mass is 16.5. The highest BCUT2D eigenvalue weighted by Crippen LogP contribution is 2.32. The SMILES string of the molecule is COc1cc2c(cc1OC)C[NH+]([C@H]1CC(=O)N(c3ccc(C)cc3C)C1=O)CC2. The lowest BCUT2D eigenvalue weighted by molar-refractivity contribution is -0.930. The summed E-state index contributed by atoms with van der Waals surface area (Å²) in [5.74, 6) is 1.21. The third-order valence-electron chi connectivity index (χ3n) is 6.07. The van der Waals surface area contributed by atoms with E-state index in [-0.39, 0.29) is 24.3 Å². The molecule has 2 heterocycles. The number of ether oxygens (including phenoxy) is 2. The number of benzene rings is 2. The monoisotopic (exact) mass is 395 g/mol. The minimum atomic E-state index is -0.343. The molecule has 2 aliphatic rings. The molecule has 1 N–H and O–H groups in total. The lowest BCUT2D eigenvalue weighted by Gasteiger charge is -2.30. The summed E-state index contributed by atoms with van der Waals surface area (Å²) < 4.78 is 10.8. The van der Waals surface area contributed by atoms with Gasteiger partial charge in [-0.25, -0.2) is 4.90 Å². The predicted molar refractivity (Wildman–Crippen MR) is 110 cm³/mol. The summed E-state index contributed by atoms with van der Waals surface area (Å²) in [6, 6.07) is 9.50. The Labute approximate surface area is 171 Å². The van der Waals surface area contributed by atoms with Crippen LogP contribution in [0.15, 0.2) is 30.3 Å². The zero-order valence-electron chi connectivity index (χ0n) is 17.4. The van der Waals surface area contributed by atoms with Crippen LogP contribution in [-0.2, 0) is 22.6 Å². The number of amides is 2. The van der Waals surface area contributed by atoms with Crippen LogP contribution in [0.25, 0.3) is 0 Å². The third-order valence-corrected chi connectivity index (χ3v) is 6.07. The Morgan fingerprint density at radius 1 is 1.00 bits per heavy atom. The Hall–Kier alpha value is -2.86. The van der Waals surface area contributed by atoms with Crippen LogP contribution in [0.1, 0.15) is 28.7 Å². The van der Waals surface area contributed by atoms with Crippen LogP contribution in [0.3, 0.4) is 0 Å². The van der Waals surface area contributed by atoms with Crippen LogP contribution in [0, 0.1) is 13.8 Å². The molecule has 0 bridgehead atoms. The van der Waals surface area contributed by atoms with Gasteiger partial charge in [0.15, 0.2) is 17.5 Å². The van der Waals surface area contributed by atoms with Gasteiger partial charge in [0.25, 0.3) is 5.91 Å². The molecule has 2 amide bonds. The fourth-order valence-corrected chi connectivity index (χ4v) is 4.55. The molecular formula is C23H27N2O4+. The largest absolute Gasteiger partial charge is 0.493 e. The van der Waals surface area contributed by atoms with Crippen LogP contribution < -0.4 is 19.3 Å². The second-order valence-corrected chi connectivity index (χ2v) is 7.92. The minimum Gasteiger partial charge on any atom is -0.493 e. The van der Waals surface area contributed by atoms with E-state index in [9.17, 15) is 9.59 Å². The first kappa shape index (κ1) is 19.5. The first-order valence-electron chi connectivity index (χ1n) is 9.95. The average Bonchev–Trinajstić information content (AvgIpc) is 3.00. The Bertz CT molecular complexity index is 985. The van der Waals surface area contributed by atoms with Gasteiger partial charge in [0.2, 0.25) is 5.91 Å². The maximum Gasteiger partial charge on any atom is 0.292 e. The Morgan fingerprint density at radius 3 is 2.34 bits per heavy atom. The van der Waals surface area contributed by atoms with E-state index in [2.05, 4.69) is 0 Å². The van der Waals surface area contributed by atoms with Gasteiger partial charge >= 0.3 is 0 Å². The molecule has 0 aliphatic carbocycles. The number of quaternary nitrogens is 1. The van der Waals surface area contributed by atoms with E-state index in [0.29, 0.717) is 18.0 Å². The van der Waals surface area contributed by atoms with Crippen molar-refractivity contribution in [3.8, 4) is 11.5 Å². The summed E-state index contributed by atoms with van der Waals surface area (Å²) >= 11 is 0. The van der Waals surface area contributed by atoms with Gasteiger partial charge in [0.05, 0.1) is 32.9 Å². The highest BCUT2D eigenvalue weighted by Gasteiger charge is 2.46. The molecule has 1 saturated heterocycles. The molecule has 2 aromatic carbocycles. The molecule has 0 spiro atoms. The number of nitrogens with zero attached hydrogens (tertiary/aromatic N) is 1. The molecule has 2 atom stereocenters. The maximum absolute atomic E-state index is 13.2. The number of fused-ring (bicyclic) bond motifs is 1. The normalized spacial score (nSPS) is 21.3. The zero-order valence-corrected chi connectivity index (χ0v) is 17.4. The fourth-order valence-electron chi connectivity index (χ4n) is 4.55. The molecule has 2 aromatic rings. The van der Waals surface area contributed by atoms with E-state index >= 15 is 0 Å². The van der Waals surface area contributed by atoms with Crippen LogP contribution in [0.5, 0.6) is 11.5 Å². The van der Waals surface area contributed by atoms with Crippen molar-refractivity contribution in [3.63, 3.8) is 0 Å². The molecule has 29 heavy (non-hydrogen) atoms. The van der Waals surface area contributed by atoms with Gasteiger partial charge in [-0.15, -0.1) is 0 Å². The first-order chi connectivity index (χ1) is 13.9. The molecule has 6 heteroatoms. The molecular weight excluding hydrogens is 368 g/mol. The van der Waals surface area contributed by atoms with Crippen LogP contribution in [-0.4, -0.2) is 38.6 Å². The molecule has 1 unspecified atom stereocenters. The number of carbonyl (C=O) groups excluding carboxylic acids is 2. The van der Waals surface area contributed by atoms with Crippen molar-refractivity contribution in [1.82, 2.24) is 0 Å². The summed E-state index contributed by atoms with van der Waals surface area (Å²) in [7, 11) is 3.26. The first-order valence-corrected chi connectivity index (χ1v) is 9.95. The van der Waals surface area contributed by atoms with E-state index in [1.165, 1.54) is 10.5 Å². The molecule has 0 aromatic heterocycles. The van der Waals surface area contributed by atoms with Crippen molar-refractivity contribution in [1.29, 1.82) is 0 Å². The Kier molecular flexibility index (Phi) is 5.04.